The van der Waals surface area contributed by atoms with Gasteiger partial charge in [-0.1, -0.05) is 96.6 Å². The average molecular weight is 352 g/mol. The lowest BCUT2D eigenvalue weighted by Crippen LogP contribution is -1.95. The third kappa shape index (κ3) is 3.34. The van der Waals surface area contributed by atoms with E-state index in [9.17, 15) is 0 Å². The number of benzene rings is 4. The maximum absolute atomic E-state index is 2.84. The van der Waals surface area contributed by atoms with Crippen LogP contribution in [0.4, 0.5) is 0 Å². The number of rotatable bonds is 3. The monoisotopic (exact) mass is 352 g/mol. The molecule has 0 aliphatic rings. The number of aryl methyl sites for hydroxylation is 1. The second-order valence-electron chi connectivity index (χ2n) is 6.58. The van der Waals surface area contributed by atoms with Gasteiger partial charge in [-0.3, -0.25) is 0 Å². The highest BCUT2D eigenvalue weighted by Gasteiger charge is 2.09. The van der Waals surface area contributed by atoms with Crippen LogP contribution >= 0.6 is 9.24 Å². The van der Waals surface area contributed by atoms with Gasteiger partial charge in [-0.15, -0.1) is 9.24 Å². The fourth-order valence-corrected chi connectivity index (χ4v) is 3.75. The fourth-order valence-electron chi connectivity index (χ4n) is 3.38. The van der Waals surface area contributed by atoms with E-state index < -0.39 is 0 Å². The standard InChI is InChI=1S/C25H21P/c1-18-14-15-22(24(16-18)19-8-3-2-4-9-19)20-10-7-11-21(17-20)23-12-5-6-13-25(23)26/h2-17H,26H2,1H3. The molecule has 0 aliphatic heterocycles. The van der Waals surface area contributed by atoms with E-state index in [0.717, 1.165) is 0 Å². The largest absolute Gasteiger partial charge is 0.105 e. The molecule has 4 rings (SSSR count). The normalized spacial score (nSPS) is 10.7. The molecule has 0 bridgehead atoms. The van der Waals surface area contributed by atoms with Gasteiger partial charge in [0.1, 0.15) is 0 Å². The molecule has 0 fully saturated rings. The van der Waals surface area contributed by atoms with Crippen molar-refractivity contribution < 1.29 is 0 Å². The SMILES string of the molecule is Cc1ccc(-c2cccc(-c3ccccc3P)c2)c(-c2ccccc2)c1. The summed E-state index contributed by atoms with van der Waals surface area (Å²) in [6.07, 6.45) is 0. The molecular weight excluding hydrogens is 331 g/mol. The van der Waals surface area contributed by atoms with Crippen molar-refractivity contribution in [2.45, 2.75) is 6.92 Å². The molecule has 26 heavy (non-hydrogen) atoms. The molecule has 0 N–H and O–H groups in total. The molecule has 1 atom stereocenters. The Morgan fingerprint density at radius 3 is 1.92 bits per heavy atom. The van der Waals surface area contributed by atoms with Gasteiger partial charge in [-0.2, -0.15) is 0 Å². The molecular formula is C25H21P. The van der Waals surface area contributed by atoms with E-state index in [4.69, 9.17) is 0 Å². The number of hydrogen-bond donors (Lipinski definition) is 0. The van der Waals surface area contributed by atoms with Crippen molar-refractivity contribution in [3.63, 3.8) is 0 Å². The van der Waals surface area contributed by atoms with Crippen LogP contribution in [0.15, 0.2) is 97.1 Å². The second kappa shape index (κ2) is 7.28. The predicted octanol–water partition coefficient (Wildman–Crippen LogP) is 6.50. The molecule has 0 aromatic heterocycles. The first-order valence-corrected chi connectivity index (χ1v) is 9.41. The van der Waals surface area contributed by atoms with Gasteiger partial charge in [0.25, 0.3) is 0 Å². The summed E-state index contributed by atoms with van der Waals surface area (Å²) in [5, 5.41) is 1.22. The lowest BCUT2D eigenvalue weighted by molar-refractivity contribution is 1.46. The lowest BCUT2D eigenvalue weighted by atomic mass is 9.91. The van der Waals surface area contributed by atoms with Crippen LogP contribution < -0.4 is 5.30 Å². The summed E-state index contributed by atoms with van der Waals surface area (Å²) in [7, 11) is 2.84. The van der Waals surface area contributed by atoms with Crippen molar-refractivity contribution >= 4 is 14.5 Å². The van der Waals surface area contributed by atoms with Crippen molar-refractivity contribution in [2.75, 3.05) is 0 Å². The van der Waals surface area contributed by atoms with Gasteiger partial charge in [0, 0.05) is 0 Å². The molecule has 0 aliphatic carbocycles. The zero-order valence-corrected chi connectivity index (χ0v) is 16.0. The van der Waals surface area contributed by atoms with Crippen LogP contribution in [0, 0.1) is 6.92 Å². The Kier molecular flexibility index (Phi) is 4.69. The van der Waals surface area contributed by atoms with Gasteiger partial charge >= 0.3 is 0 Å². The van der Waals surface area contributed by atoms with Gasteiger partial charge in [-0.25, -0.2) is 0 Å². The first-order valence-electron chi connectivity index (χ1n) is 8.84. The van der Waals surface area contributed by atoms with E-state index in [1.807, 2.05) is 0 Å². The van der Waals surface area contributed by atoms with Crippen LogP contribution in [-0.2, 0) is 0 Å². The Hall–Kier alpha value is -2.69. The highest BCUT2D eigenvalue weighted by atomic mass is 31.0. The van der Waals surface area contributed by atoms with Crippen LogP contribution in [0.5, 0.6) is 0 Å². The van der Waals surface area contributed by atoms with E-state index in [2.05, 4.69) is 113 Å². The van der Waals surface area contributed by atoms with E-state index in [1.54, 1.807) is 0 Å². The second-order valence-corrected chi connectivity index (χ2v) is 7.21. The molecule has 4 aromatic rings. The van der Waals surface area contributed by atoms with Crippen LogP contribution in [0.2, 0.25) is 0 Å². The molecule has 4 aromatic carbocycles. The van der Waals surface area contributed by atoms with E-state index in [-0.39, 0.29) is 0 Å². The lowest BCUT2D eigenvalue weighted by Gasteiger charge is -2.13. The van der Waals surface area contributed by atoms with Crippen molar-refractivity contribution in [3.8, 4) is 33.4 Å². The molecule has 0 saturated heterocycles. The minimum absolute atomic E-state index is 1.22. The summed E-state index contributed by atoms with van der Waals surface area (Å²) in [5.74, 6) is 0. The van der Waals surface area contributed by atoms with Gasteiger partial charge in [-0.05, 0) is 51.7 Å². The third-order valence-corrected chi connectivity index (χ3v) is 5.21. The van der Waals surface area contributed by atoms with E-state index >= 15 is 0 Å². The van der Waals surface area contributed by atoms with Crippen LogP contribution in [0.3, 0.4) is 0 Å². The Labute approximate surface area is 157 Å². The molecule has 0 radical (unpaired) electrons. The smallest absolute Gasteiger partial charge is 0.0103 e. The predicted molar refractivity (Wildman–Crippen MR) is 117 cm³/mol. The van der Waals surface area contributed by atoms with E-state index in [0.29, 0.717) is 0 Å². The summed E-state index contributed by atoms with van der Waals surface area (Å²) in [6, 6.07) is 34.6. The van der Waals surface area contributed by atoms with Crippen molar-refractivity contribution in [3.05, 3.63) is 103 Å². The minimum atomic E-state index is 1.22. The maximum atomic E-state index is 2.84. The Balaban J connectivity index is 1.87. The first-order chi connectivity index (χ1) is 12.7. The van der Waals surface area contributed by atoms with E-state index in [1.165, 1.54) is 44.2 Å². The molecule has 1 unspecified atom stereocenters. The Morgan fingerprint density at radius 2 is 1.15 bits per heavy atom. The summed E-state index contributed by atoms with van der Waals surface area (Å²) < 4.78 is 0. The molecule has 0 nitrogen and oxygen atoms in total. The summed E-state index contributed by atoms with van der Waals surface area (Å²) in [6.45, 7) is 2.15. The molecule has 0 saturated carbocycles. The first kappa shape index (κ1) is 16.8. The van der Waals surface area contributed by atoms with Crippen molar-refractivity contribution in [1.29, 1.82) is 0 Å². The highest BCUT2D eigenvalue weighted by Crippen LogP contribution is 2.34. The van der Waals surface area contributed by atoms with Crippen molar-refractivity contribution in [1.82, 2.24) is 0 Å². The molecule has 0 amide bonds. The maximum Gasteiger partial charge on any atom is -0.0103 e. The van der Waals surface area contributed by atoms with Gasteiger partial charge < -0.3 is 0 Å². The molecule has 126 valence electrons. The zero-order valence-electron chi connectivity index (χ0n) is 14.8. The summed E-state index contributed by atoms with van der Waals surface area (Å²) >= 11 is 0. The topological polar surface area (TPSA) is 0 Å². The quantitative estimate of drug-likeness (QED) is 0.369. The van der Waals surface area contributed by atoms with Crippen molar-refractivity contribution in [2.24, 2.45) is 0 Å². The highest BCUT2D eigenvalue weighted by molar-refractivity contribution is 7.28. The summed E-state index contributed by atoms with van der Waals surface area (Å²) in [5.41, 5.74) is 8.82. The van der Waals surface area contributed by atoms with Crippen LogP contribution in [0.25, 0.3) is 33.4 Å². The van der Waals surface area contributed by atoms with Gasteiger partial charge in [0.15, 0.2) is 0 Å². The fraction of sp³-hybridized carbons (Fsp3) is 0.0400. The molecule has 0 heterocycles. The zero-order chi connectivity index (χ0) is 17.9. The van der Waals surface area contributed by atoms with Crippen LogP contribution in [-0.4, -0.2) is 0 Å². The van der Waals surface area contributed by atoms with Gasteiger partial charge in [0.05, 0.1) is 0 Å². The Bertz CT molecular complexity index is 1050. The van der Waals surface area contributed by atoms with Crippen LogP contribution in [0.1, 0.15) is 5.56 Å². The Morgan fingerprint density at radius 1 is 0.500 bits per heavy atom. The minimum Gasteiger partial charge on any atom is -0.105 e. The molecule has 1 heteroatoms. The molecule has 0 spiro atoms. The average Bonchev–Trinajstić information content (AvgIpc) is 2.69. The third-order valence-electron chi connectivity index (χ3n) is 4.71. The van der Waals surface area contributed by atoms with Gasteiger partial charge in [0.2, 0.25) is 0 Å². The summed E-state index contributed by atoms with van der Waals surface area (Å²) in [4.78, 5) is 0. The number of hydrogen-bond acceptors (Lipinski definition) is 0.